The Balaban J connectivity index is 1.79. The van der Waals surface area contributed by atoms with Crippen molar-refractivity contribution < 1.29 is 14.3 Å². The van der Waals surface area contributed by atoms with E-state index in [-0.39, 0.29) is 18.6 Å². The fraction of sp³-hybridized carbons (Fsp3) is 0.192. The van der Waals surface area contributed by atoms with Crippen molar-refractivity contribution in [2.75, 3.05) is 7.11 Å². The summed E-state index contributed by atoms with van der Waals surface area (Å²) >= 11 is 7.30. The topological polar surface area (TPSA) is 133 Å². The summed E-state index contributed by atoms with van der Waals surface area (Å²) in [7, 11) is 3.20. The number of ketones is 1. The highest BCUT2D eigenvalue weighted by Gasteiger charge is 2.26. The first-order valence-corrected chi connectivity index (χ1v) is 12.3. The lowest BCUT2D eigenvalue weighted by molar-refractivity contribution is -0.121. The van der Waals surface area contributed by atoms with Gasteiger partial charge in [-0.2, -0.15) is 10.4 Å². The molecule has 4 rings (SSSR count). The molecule has 3 heterocycles. The van der Waals surface area contributed by atoms with E-state index in [2.05, 4.69) is 11.2 Å². The van der Waals surface area contributed by atoms with Crippen LogP contribution in [-0.4, -0.2) is 33.1 Å². The van der Waals surface area contributed by atoms with Crippen LogP contribution in [-0.2, 0) is 24.7 Å². The Bertz CT molecular complexity index is 1600. The van der Waals surface area contributed by atoms with Crippen molar-refractivity contribution in [2.24, 2.45) is 12.8 Å². The summed E-state index contributed by atoms with van der Waals surface area (Å²) in [5, 5.41) is 14.3. The van der Waals surface area contributed by atoms with Crippen molar-refractivity contribution >= 4 is 34.6 Å². The van der Waals surface area contributed by atoms with E-state index >= 15 is 0 Å². The SMILES string of the molecule is COc1cn(C(Cc2ccn(C)n2)C(=O)Cc2ccc(C(N)=O)s2)c(=O)cc1-c1cc(Cl)ccc1C#N. The van der Waals surface area contributed by atoms with Gasteiger partial charge in [0.1, 0.15) is 11.8 Å². The number of halogens is 1. The largest absolute Gasteiger partial charge is 0.495 e. The minimum Gasteiger partial charge on any atom is -0.495 e. The Morgan fingerprint density at radius 1 is 1.22 bits per heavy atom. The Morgan fingerprint density at radius 3 is 2.62 bits per heavy atom. The molecule has 9 nitrogen and oxygen atoms in total. The van der Waals surface area contributed by atoms with Crippen LogP contribution in [0.1, 0.15) is 31.8 Å². The molecule has 0 aliphatic heterocycles. The number of hydrogen-bond donors (Lipinski definition) is 1. The molecule has 0 aliphatic rings. The number of carbonyl (C=O) groups is 2. The van der Waals surface area contributed by atoms with E-state index in [4.69, 9.17) is 22.1 Å². The number of aryl methyl sites for hydroxylation is 1. The normalized spacial score (nSPS) is 11.6. The lowest BCUT2D eigenvalue weighted by Crippen LogP contribution is -2.32. The molecule has 0 fully saturated rings. The predicted octanol–water partition coefficient (Wildman–Crippen LogP) is 3.54. The molecule has 1 unspecified atom stereocenters. The van der Waals surface area contributed by atoms with Crippen LogP contribution < -0.4 is 16.0 Å². The van der Waals surface area contributed by atoms with Crippen LogP contribution in [0.2, 0.25) is 5.02 Å². The molecule has 11 heteroatoms. The minimum atomic E-state index is -0.903. The van der Waals surface area contributed by atoms with E-state index in [0.29, 0.717) is 42.9 Å². The van der Waals surface area contributed by atoms with Gasteiger partial charge in [-0.3, -0.25) is 19.1 Å². The highest BCUT2D eigenvalue weighted by molar-refractivity contribution is 7.14. The number of benzene rings is 1. The third kappa shape index (κ3) is 5.63. The van der Waals surface area contributed by atoms with Gasteiger partial charge in [0.2, 0.25) is 0 Å². The molecule has 188 valence electrons. The molecule has 0 aliphatic carbocycles. The van der Waals surface area contributed by atoms with Crippen molar-refractivity contribution in [1.29, 1.82) is 5.26 Å². The number of nitrogens with zero attached hydrogens (tertiary/aromatic N) is 4. The Hall–Kier alpha value is -4.20. The van der Waals surface area contributed by atoms with E-state index < -0.39 is 17.5 Å². The summed E-state index contributed by atoms with van der Waals surface area (Å²) in [6.45, 7) is 0. The fourth-order valence-corrected chi connectivity index (χ4v) is 5.06. The highest BCUT2D eigenvalue weighted by Crippen LogP contribution is 2.33. The van der Waals surface area contributed by atoms with Crippen molar-refractivity contribution in [3.63, 3.8) is 0 Å². The smallest absolute Gasteiger partial charge is 0.258 e. The van der Waals surface area contributed by atoms with E-state index in [9.17, 15) is 19.6 Å². The summed E-state index contributed by atoms with van der Waals surface area (Å²) in [5.74, 6) is -0.520. The number of aromatic nitrogens is 3. The van der Waals surface area contributed by atoms with Crippen LogP contribution in [0.5, 0.6) is 5.75 Å². The van der Waals surface area contributed by atoms with E-state index in [1.807, 2.05) is 0 Å². The fourth-order valence-electron chi connectivity index (χ4n) is 4.01. The molecule has 0 saturated heterocycles. The van der Waals surface area contributed by atoms with E-state index in [1.165, 1.54) is 23.9 Å². The molecule has 37 heavy (non-hydrogen) atoms. The number of ether oxygens (including phenoxy) is 1. The number of Topliss-reactive ketones (excluding diaryl/α,β-unsaturated/α-hetero) is 1. The van der Waals surface area contributed by atoms with E-state index in [0.717, 1.165) is 11.3 Å². The molecule has 2 N–H and O–H groups in total. The Labute approximate surface area is 221 Å². The van der Waals surface area contributed by atoms with Crippen LogP contribution in [0.4, 0.5) is 0 Å². The number of rotatable bonds is 9. The molecule has 0 saturated carbocycles. The standard InChI is InChI=1S/C26H22ClN5O4S/c1-31-8-7-17(30-31)10-21(22(33)11-18-5-6-24(37-18)26(29)35)32-14-23(36-2)20(12-25(32)34)19-9-16(27)4-3-15(19)13-28/h3-9,12,14,21H,10-11H2,1-2H3,(H2,29,35). The van der Waals surface area contributed by atoms with Crippen LogP contribution >= 0.6 is 22.9 Å². The van der Waals surface area contributed by atoms with Gasteiger partial charge in [0.25, 0.3) is 11.5 Å². The Kier molecular flexibility index (Phi) is 7.57. The van der Waals surface area contributed by atoms with Gasteiger partial charge in [-0.1, -0.05) is 11.6 Å². The lowest BCUT2D eigenvalue weighted by Gasteiger charge is -2.20. The summed E-state index contributed by atoms with van der Waals surface area (Å²) in [4.78, 5) is 39.4. The molecule has 0 radical (unpaired) electrons. The molecule has 4 aromatic rings. The predicted molar refractivity (Wildman–Crippen MR) is 140 cm³/mol. The molecule has 1 aromatic carbocycles. The molecule has 1 amide bonds. The average Bonchev–Trinajstić information content (AvgIpc) is 3.51. The minimum absolute atomic E-state index is 0.00116. The third-order valence-electron chi connectivity index (χ3n) is 5.79. The Morgan fingerprint density at radius 2 is 2.00 bits per heavy atom. The van der Waals surface area contributed by atoms with Gasteiger partial charge in [0.05, 0.1) is 35.5 Å². The molecular weight excluding hydrogens is 514 g/mol. The molecular formula is C26H22ClN5O4S. The lowest BCUT2D eigenvalue weighted by atomic mass is 9.99. The maximum absolute atomic E-state index is 13.6. The van der Waals surface area contributed by atoms with E-state index in [1.54, 1.807) is 54.3 Å². The number of amides is 1. The summed E-state index contributed by atoms with van der Waals surface area (Å²) < 4.78 is 8.51. The van der Waals surface area contributed by atoms with Gasteiger partial charge >= 0.3 is 0 Å². The highest BCUT2D eigenvalue weighted by atomic mass is 35.5. The first kappa shape index (κ1) is 25.9. The van der Waals surface area contributed by atoms with Gasteiger partial charge < -0.3 is 15.0 Å². The zero-order valence-corrected chi connectivity index (χ0v) is 21.5. The second-order valence-electron chi connectivity index (χ2n) is 8.28. The maximum Gasteiger partial charge on any atom is 0.258 e. The summed E-state index contributed by atoms with van der Waals surface area (Å²) in [6, 6.07) is 12.3. The second kappa shape index (κ2) is 10.8. The molecule has 3 aromatic heterocycles. The quantitative estimate of drug-likeness (QED) is 0.348. The monoisotopic (exact) mass is 535 g/mol. The number of hydrogen-bond acceptors (Lipinski definition) is 7. The van der Waals surface area contributed by atoms with Gasteiger partial charge in [-0.25, -0.2) is 0 Å². The first-order chi connectivity index (χ1) is 17.7. The molecule has 0 bridgehead atoms. The number of pyridine rings is 1. The number of methoxy groups -OCH3 is 1. The number of primary amides is 1. The number of carbonyl (C=O) groups excluding carboxylic acids is 2. The van der Waals surface area contributed by atoms with Crippen LogP contribution in [0.3, 0.4) is 0 Å². The summed E-state index contributed by atoms with van der Waals surface area (Å²) in [6.07, 6.45) is 3.38. The van der Waals surface area contributed by atoms with Gasteiger partial charge in [0.15, 0.2) is 5.78 Å². The zero-order chi connectivity index (χ0) is 26.7. The van der Waals surface area contributed by atoms with Crippen molar-refractivity contribution in [1.82, 2.24) is 14.3 Å². The second-order valence-corrected chi connectivity index (χ2v) is 9.88. The average molecular weight is 536 g/mol. The number of thiophene rings is 1. The van der Waals surface area contributed by atoms with Crippen molar-refractivity contribution in [3.05, 3.63) is 91.2 Å². The van der Waals surface area contributed by atoms with Crippen LogP contribution in [0.15, 0.2) is 59.7 Å². The van der Waals surface area contributed by atoms with Gasteiger partial charge in [-0.15, -0.1) is 11.3 Å². The zero-order valence-electron chi connectivity index (χ0n) is 20.0. The van der Waals surface area contributed by atoms with Gasteiger partial charge in [0, 0.05) is 53.2 Å². The summed E-state index contributed by atoms with van der Waals surface area (Å²) in [5.41, 5.74) is 6.67. The third-order valence-corrected chi connectivity index (χ3v) is 7.12. The maximum atomic E-state index is 13.6. The van der Waals surface area contributed by atoms with Crippen LogP contribution in [0.25, 0.3) is 11.1 Å². The molecule has 1 atom stereocenters. The molecule has 0 spiro atoms. The van der Waals surface area contributed by atoms with Crippen molar-refractivity contribution in [2.45, 2.75) is 18.9 Å². The first-order valence-electron chi connectivity index (χ1n) is 11.1. The van der Waals surface area contributed by atoms with Crippen LogP contribution in [0, 0.1) is 11.3 Å². The van der Waals surface area contributed by atoms with Crippen molar-refractivity contribution in [3.8, 4) is 22.9 Å². The van der Waals surface area contributed by atoms with Gasteiger partial charge in [-0.05, 0) is 36.4 Å². The number of nitrogens with two attached hydrogens (primary N) is 1. The number of nitriles is 1.